The predicted molar refractivity (Wildman–Crippen MR) is 105 cm³/mol. The minimum atomic E-state index is -0.228. The Balaban J connectivity index is 1.36. The molecule has 0 spiro atoms. The molecule has 1 aliphatic rings. The standard InChI is InChI=1S/C22H20FN3O/c23-19-8-5-16(6-9-19)11-13-24-21-10-7-18(15-25-21)22(27)26-14-12-17-3-1-2-4-20(17)26/h1-10,15H,11-14H2,(H,24,25). The first-order valence-electron chi connectivity index (χ1n) is 9.05. The van der Waals surface area contributed by atoms with Gasteiger partial charge in [-0.05, 0) is 54.3 Å². The second-order valence-electron chi connectivity index (χ2n) is 6.57. The van der Waals surface area contributed by atoms with E-state index in [1.54, 1.807) is 24.4 Å². The number of rotatable bonds is 5. The summed E-state index contributed by atoms with van der Waals surface area (Å²) < 4.78 is 12.9. The molecule has 0 saturated heterocycles. The number of pyridine rings is 1. The van der Waals surface area contributed by atoms with Crippen molar-refractivity contribution in [3.8, 4) is 0 Å². The molecule has 0 fully saturated rings. The van der Waals surface area contributed by atoms with Crippen LogP contribution in [0.3, 0.4) is 0 Å². The number of amides is 1. The largest absolute Gasteiger partial charge is 0.370 e. The molecule has 3 aromatic rings. The number of hydrogen-bond acceptors (Lipinski definition) is 3. The summed E-state index contributed by atoms with van der Waals surface area (Å²) in [6.07, 6.45) is 3.27. The molecular formula is C22H20FN3O. The fraction of sp³-hybridized carbons (Fsp3) is 0.182. The second-order valence-corrected chi connectivity index (χ2v) is 6.57. The Hall–Kier alpha value is -3.21. The van der Waals surface area contributed by atoms with Crippen molar-refractivity contribution in [3.63, 3.8) is 0 Å². The summed E-state index contributed by atoms with van der Waals surface area (Å²) in [5, 5.41) is 3.23. The summed E-state index contributed by atoms with van der Waals surface area (Å²) in [6.45, 7) is 1.39. The SMILES string of the molecule is O=C(c1ccc(NCCc2ccc(F)cc2)nc1)N1CCc2ccccc21. The second kappa shape index (κ2) is 7.58. The number of carbonyl (C=O) groups excluding carboxylic acids is 1. The summed E-state index contributed by atoms with van der Waals surface area (Å²) >= 11 is 0. The van der Waals surface area contributed by atoms with E-state index in [1.165, 1.54) is 17.7 Å². The molecular weight excluding hydrogens is 341 g/mol. The van der Waals surface area contributed by atoms with E-state index in [1.807, 2.05) is 29.2 Å². The van der Waals surface area contributed by atoms with Crippen LogP contribution in [0.25, 0.3) is 0 Å². The Morgan fingerprint density at radius 3 is 2.67 bits per heavy atom. The van der Waals surface area contributed by atoms with E-state index >= 15 is 0 Å². The molecule has 0 saturated carbocycles. The molecule has 1 N–H and O–H groups in total. The van der Waals surface area contributed by atoms with Gasteiger partial charge in [-0.1, -0.05) is 30.3 Å². The number of carbonyl (C=O) groups is 1. The van der Waals surface area contributed by atoms with Crippen LogP contribution in [0.4, 0.5) is 15.9 Å². The Kier molecular flexibility index (Phi) is 4.83. The maximum atomic E-state index is 12.9. The number of halogens is 1. The maximum Gasteiger partial charge on any atom is 0.259 e. The number of nitrogens with one attached hydrogen (secondary N) is 1. The average Bonchev–Trinajstić information content (AvgIpc) is 3.14. The lowest BCUT2D eigenvalue weighted by Gasteiger charge is -2.17. The van der Waals surface area contributed by atoms with E-state index < -0.39 is 0 Å². The summed E-state index contributed by atoms with van der Waals surface area (Å²) in [5.74, 6) is 0.468. The molecule has 2 aromatic carbocycles. The highest BCUT2D eigenvalue weighted by atomic mass is 19.1. The summed E-state index contributed by atoms with van der Waals surface area (Å²) in [7, 11) is 0. The lowest BCUT2D eigenvalue weighted by atomic mass is 10.1. The first-order valence-corrected chi connectivity index (χ1v) is 9.05. The molecule has 5 heteroatoms. The van der Waals surface area contributed by atoms with Gasteiger partial charge in [0.05, 0.1) is 5.56 Å². The molecule has 27 heavy (non-hydrogen) atoms. The van der Waals surface area contributed by atoms with E-state index in [-0.39, 0.29) is 11.7 Å². The van der Waals surface area contributed by atoms with Gasteiger partial charge in [-0.3, -0.25) is 4.79 Å². The topological polar surface area (TPSA) is 45.2 Å². The number of para-hydroxylation sites is 1. The average molecular weight is 361 g/mol. The fourth-order valence-corrected chi connectivity index (χ4v) is 3.32. The Bertz CT molecular complexity index is 939. The Labute approximate surface area is 157 Å². The monoisotopic (exact) mass is 361 g/mol. The van der Waals surface area contributed by atoms with Gasteiger partial charge >= 0.3 is 0 Å². The fourth-order valence-electron chi connectivity index (χ4n) is 3.32. The minimum absolute atomic E-state index is 0.0229. The van der Waals surface area contributed by atoms with Gasteiger partial charge in [0.15, 0.2) is 0 Å². The Morgan fingerprint density at radius 1 is 1.07 bits per heavy atom. The molecule has 4 nitrogen and oxygen atoms in total. The van der Waals surface area contributed by atoms with Crippen molar-refractivity contribution in [2.24, 2.45) is 0 Å². The molecule has 1 aliphatic heterocycles. The zero-order valence-electron chi connectivity index (χ0n) is 14.9. The van der Waals surface area contributed by atoms with Crippen LogP contribution < -0.4 is 10.2 Å². The van der Waals surface area contributed by atoms with E-state index in [9.17, 15) is 9.18 Å². The van der Waals surface area contributed by atoms with Crippen LogP contribution in [0, 0.1) is 5.82 Å². The van der Waals surface area contributed by atoms with Crippen molar-refractivity contribution in [2.75, 3.05) is 23.3 Å². The van der Waals surface area contributed by atoms with Gasteiger partial charge in [0.25, 0.3) is 5.91 Å². The van der Waals surface area contributed by atoms with Crippen molar-refractivity contribution < 1.29 is 9.18 Å². The molecule has 4 rings (SSSR count). The zero-order chi connectivity index (χ0) is 18.6. The molecule has 0 bridgehead atoms. The third kappa shape index (κ3) is 3.82. The van der Waals surface area contributed by atoms with Crippen LogP contribution in [0.1, 0.15) is 21.5 Å². The number of benzene rings is 2. The molecule has 0 unspecified atom stereocenters. The highest BCUT2D eigenvalue weighted by Crippen LogP contribution is 2.28. The van der Waals surface area contributed by atoms with Crippen molar-refractivity contribution in [1.29, 1.82) is 0 Å². The lowest BCUT2D eigenvalue weighted by Crippen LogP contribution is -2.28. The van der Waals surface area contributed by atoms with E-state index in [2.05, 4.69) is 16.4 Å². The van der Waals surface area contributed by atoms with Gasteiger partial charge in [0.1, 0.15) is 11.6 Å². The quantitative estimate of drug-likeness (QED) is 0.745. The third-order valence-corrected chi connectivity index (χ3v) is 4.78. The van der Waals surface area contributed by atoms with Crippen LogP contribution >= 0.6 is 0 Å². The van der Waals surface area contributed by atoms with Crippen LogP contribution in [0.5, 0.6) is 0 Å². The number of nitrogens with zero attached hydrogens (tertiary/aromatic N) is 2. The highest BCUT2D eigenvalue weighted by molar-refractivity contribution is 6.07. The molecule has 2 heterocycles. The normalized spacial score (nSPS) is 12.7. The van der Waals surface area contributed by atoms with E-state index in [4.69, 9.17) is 0 Å². The Morgan fingerprint density at radius 2 is 1.89 bits per heavy atom. The zero-order valence-corrected chi connectivity index (χ0v) is 14.9. The highest BCUT2D eigenvalue weighted by Gasteiger charge is 2.25. The van der Waals surface area contributed by atoms with Crippen LogP contribution in [-0.4, -0.2) is 24.0 Å². The predicted octanol–water partition coefficient (Wildman–Crippen LogP) is 4.08. The molecule has 0 radical (unpaired) electrons. The lowest BCUT2D eigenvalue weighted by molar-refractivity contribution is 0.0989. The summed E-state index contributed by atoms with van der Waals surface area (Å²) in [6, 6.07) is 18.1. The van der Waals surface area contributed by atoms with Gasteiger partial charge < -0.3 is 10.2 Å². The van der Waals surface area contributed by atoms with Gasteiger partial charge in [-0.2, -0.15) is 0 Å². The first-order chi connectivity index (χ1) is 13.2. The van der Waals surface area contributed by atoms with Crippen LogP contribution in [-0.2, 0) is 12.8 Å². The first kappa shape index (κ1) is 17.2. The van der Waals surface area contributed by atoms with Crippen LogP contribution in [0.2, 0.25) is 0 Å². The number of anilines is 2. The van der Waals surface area contributed by atoms with Crippen molar-refractivity contribution in [3.05, 3.63) is 89.4 Å². The molecule has 1 aromatic heterocycles. The van der Waals surface area contributed by atoms with Crippen molar-refractivity contribution in [2.45, 2.75) is 12.8 Å². The maximum absolute atomic E-state index is 12.9. The van der Waals surface area contributed by atoms with Crippen molar-refractivity contribution >= 4 is 17.4 Å². The van der Waals surface area contributed by atoms with Gasteiger partial charge in [0, 0.05) is 25.0 Å². The smallest absolute Gasteiger partial charge is 0.259 e. The summed E-state index contributed by atoms with van der Waals surface area (Å²) in [4.78, 5) is 18.9. The molecule has 0 aliphatic carbocycles. The molecule has 136 valence electrons. The molecule has 1 amide bonds. The molecule has 0 atom stereocenters. The van der Waals surface area contributed by atoms with E-state index in [0.717, 1.165) is 29.9 Å². The van der Waals surface area contributed by atoms with Crippen LogP contribution in [0.15, 0.2) is 66.9 Å². The van der Waals surface area contributed by atoms with E-state index in [0.29, 0.717) is 18.7 Å². The van der Waals surface area contributed by atoms with Gasteiger partial charge in [-0.25, -0.2) is 9.37 Å². The number of aromatic nitrogens is 1. The van der Waals surface area contributed by atoms with Gasteiger partial charge in [-0.15, -0.1) is 0 Å². The van der Waals surface area contributed by atoms with Gasteiger partial charge in [0.2, 0.25) is 0 Å². The van der Waals surface area contributed by atoms with Crippen molar-refractivity contribution in [1.82, 2.24) is 4.98 Å². The number of hydrogen-bond donors (Lipinski definition) is 1. The summed E-state index contributed by atoms with van der Waals surface area (Å²) in [5.41, 5.74) is 3.83. The minimum Gasteiger partial charge on any atom is -0.370 e. The number of fused-ring (bicyclic) bond motifs is 1. The third-order valence-electron chi connectivity index (χ3n) is 4.78.